The fraction of sp³-hybridized carbons (Fsp3) is 0.375. The Morgan fingerprint density at radius 2 is 2.17 bits per heavy atom. The molecule has 96 valence electrons. The predicted octanol–water partition coefficient (Wildman–Crippen LogP) is 0.867. The maximum atomic E-state index is 5.29. The van der Waals surface area contributed by atoms with E-state index in [0.717, 1.165) is 10.2 Å². The van der Waals surface area contributed by atoms with Gasteiger partial charge < -0.3 is 4.74 Å². The minimum absolute atomic E-state index is 0.226. The van der Waals surface area contributed by atoms with Crippen LogP contribution in [0, 0.1) is 6.92 Å². The second-order valence-corrected chi connectivity index (χ2v) is 4.98. The third-order valence-corrected chi connectivity index (χ3v) is 3.39. The fourth-order valence-corrected chi connectivity index (χ4v) is 2.54. The zero-order valence-corrected chi connectivity index (χ0v) is 11.4. The molecule has 0 fully saturated rings. The highest BCUT2D eigenvalue weighted by Gasteiger charge is 2.10. The molecule has 0 aliphatic carbocycles. The van der Waals surface area contributed by atoms with Crippen molar-refractivity contribution in [1.82, 2.24) is 24.3 Å². The van der Waals surface area contributed by atoms with Crippen molar-refractivity contribution in [2.75, 3.05) is 12.0 Å². The molecule has 10 heteroatoms. The number of aryl methyl sites for hydroxylation is 1. The topological polar surface area (TPSA) is 112 Å². The van der Waals surface area contributed by atoms with Gasteiger partial charge in [-0.1, -0.05) is 0 Å². The van der Waals surface area contributed by atoms with Crippen LogP contribution in [0.15, 0.2) is 9.50 Å². The van der Waals surface area contributed by atoms with Gasteiger partial charge in [0.15, 0.2) is 4.34 Å². The Labute approximate surface area is 112 Å². The molecule has 0 aliphatic rings. The van der Waals surface area contributed by atoms with Gasteiger partial charge in [0.1, 0.15) is 5.82 Å². The first-order chi connectivity index (χ1) is 8.71. The molecule has 0 aliphatic heterocycles. The summed E-state index contributed by atoms with van der Waals surface area (Å²) in [5.41, 5.74) is 2.37. The molecule has 0 spiro atoms. The summed E-state index contributed by atoms with van der Waals surface area (Å²) >= 11 is 2.57. The second-order valence-electron chi connectivity index (χ2n) is 3.01. The highest BCUT2D eigenvalue weighted by atomic mass is 32.2. The van der Waals surface area contributed by atoms with Gasteiger partial charge in [-0.15, -0.1) is 0 Å². The lowest BCUT2D eigenvalue weighted by Gasteiger charge is -2.04. The number of ether oxygens (including phenoxy) is 1. The van der Waals surface area contributed by atoms with E-state index in [4.69, 9.17) is 10.6 Å². The molecule has 0 saturated heterocycles. The van der Waals surface area contributed by atoms with Crippen LogP contribution >= 0.6 is 23.3 Å². The normalized spacial score (nSPS) is 10.4. The van der Waals surface area contributed by atoms with E-state index in [1.165, 1.54) is 23.3 Å². The van der Waals surface area contributed by atoms with Crippen LogP contribution in [-0.2, 0) is 0 Å². The van der Waals surface area contributed by atoms with Crippen LogP contribution in [0.2, 0.25) is 0 Å². The fourth-order valence-electron chi connectivity index (χ4n) is 1.04. The van der Waals surface area contributed by atoms with Crippen molar-refractivity contribution in [2.45, 2.75) is 23.3 Å². The predicted molar refractivity (Wildman–Crippen MR) is 67.6 cm³/mol. The van der Waals surface area contributed by atoms with Crippen LogP contribution in [0.1, 0.15) is 12.7 Å². The van der Waals surface area contributed by atoms with Gasteiger partial charge >= 0.3 is 6.01 Å². The van der Waals surface area contributed by atoms with Crippen LogP contribution in [0.4, 0.5) is 5.95 Å². The molecule has 2 aromatic heterocycles. The molecule has 0 amide bonds. The molecular weight excluding hydrogens is 274 g/mol. The second kappa shape index (κ2) is 5.89. The quantitative estimate of drug-likeness (QED) is 0.610. The first-order valence-corrected chi connectivity index (χ1v) is 6.64. The number of hydrogen-bond acceptors (Lipinski definition) is 10. The van der Waals surface area contributed by atoms with Gasteiger partial charge in [-0.3, -0.25) is 5.43 Å². The zero-order valence-electron chi connectivity index (χ0n) is 9.75. The minimum atomic E-state index is 0.226. The van der Waals surface area contributed by atoms with Crippen LogP contribution in [0.25, 0.3) is 0 Å². The standard InChI is InChI=1S/C8H11N7OS2/c1-3-16-6-11-5(14-9)12-7(13-6)17-8-10-4(2)15-18-8/h3,9H2,1-2H3,(H,11,12,13,14). The Balaban J connectivity index is 2.23. The summed E-state index contributed by atoms with van der Waals surface area (Å²) in [5, 5.41) is 0.456. The largest absolute Gasteiger partial charge is 0.464 e. The molecule has 2 heterocycles. The SMILES string of the molecule is CCOc1nc(NN)nc(Sc2nc(C)ns2)n1. The summed E-state index contributed by atoms with van der Waals surface area (Å²) in [6.45, 7) is 4.14. The van der Waals surface area contributed by atoms with E-state index in [1.54, 1.807) is 0 Å². The maximum Gasteiger partial charge on any atom is 0.322 e. The van der Waals surface area contributed by atoms with Crippen molar-refractivity contribution in [2.24, 2.45) is 5.84 Å². The van der Waals surface area contributed by atoms with Crippen molar-refractivity contribution in [3.05, 3.63) is 5.82 Å². The van der Waals surface area contributed by atoms with Gasteiger partial charge in [-0.05, 0) is 37.1 Å². The van der Waals surface area contributed by atoms with Gasteiger partial charge in [0.05, 0.1) is 6.61 Å². The van der Waals surface area contributed by atoms with E-state index in [0.29, 0.717) is 11.8 Å². The molecule has 2 aromatic rings. The molecule has 0 unspecified atom stereocenters. The van der Waals surface area contributed by atoms with Gasteiger partial charge in [-0.2, -0.15) is 19.3 Å². The highest BCUT2D eigenvalue weighted by Crippen LogP contribution is 2.27. The molecule has 8 nitrogen and oxygen atoms in total. The van der Waals surface area contributed by atoms with Gasteiger partial charge in [0.25, 0.3) is 0 Å². The van der Waals surface area contributed by atoms with Crippen LogP contribution in [-0.4, -0.2) is 30.9 Å². The summed E-state index contributed by atoms with van der Waals surface area (Å²) in [5.74, 6) is 6.26. The lowest BCUT2D eigenvalue weighted by atomic mass is 10.8. The minimum Gasteiger partial charge on any atom is -0.464 e. The smallest absolute Gasteiger partial charge is 0.322 e. The number of hydrazine groups is 1. The van der Waals surface area contributed by atoms with Gasteiger partial charge in [0.2, 0.25) is 11.1 Å². The first kappa shape index (κ1) is 12.9. The van der Waals surface area contributed by atoms with E-state index in [9.17, 15) is 0 Å². The number of hydrogen-bond donors (Lipinski definition) is 2. The van der Waals surface area contributed by atoms with Crippen molar-refractivity contribution in [1.29, 1.82) is 0 Å². The van der Waals surface area contributed by atoms with Crippen molar-refractivity contribution in [3.63, 3.8) is 0 Å². The summed E-state index contributed by atoms with van der Waals surface area (Å²) in [6.07, 6.45) is 0. The number of aromatic nitrogens is 5. The summed E-state index contributed by atoms with van der Waals surface area (Å²) in [7, 11) is 0. The Morgan fingerprint density at radius 1 is 1.33 bits per heavy atom. The van der Waals surface area contributed by atoms with Crippen molar-refractivity contribution < 1.29 is 4.74 Å². The molecule has 18 heavy (non-hydrogen) atoms. The van der Waals surface area contributed by atoms with Crippen molar-refractivity contribution >= 4 is 29.2 Å². The summed E-state index contributed by atoms with van der Waals surface area (Å²) < 4.78 is 10.1. The number of nitrogens with one attached hydrogen (secondary N) is 1. The maximum absolute atomic E-state index is 5.29. The Kier molecular flexibility index (Phi) is 4.23. The third-order valence-electron chi connectivity index (χ3n) is 1.68. The van der Waals surface area contributed by atoms with E-state index in [1.807, 2.05) is 13.8 Å². The molecule has 2 rings (SSSR count). The van der Waals surface area contributed by atoms with Crippen molar-refractivity contribution in [3.8, 4) is 6.01 Å². The average molecular weight is 285 g/mol. The van der Waals surface area contributed by atoms with Crippen LogP contribution < -0.4 is 16.0 Å². The molecule has 0 atom stereocenters. The molecule has 0 aromatic carbocycles. The molecule has 0 saturated carbocycles. The lowest BCUT2D eigenvalue weighted by molar-refractivity contribution is 0.308. The number of nitrogens with two attached hydrogens (primary N) is 1. The number of rotatable bonds is 5. The van der Waals surface area contributed by atoms with Gasteiger partial charge in [-0.25, -0.2) is 10.8 Å². The number of nitrogens with zero attached hydrogens (tertiary/aromatic N) is 5. The van der Waals surface area contributed by atoms with E-state index in [-0.39, 0.29) is 12.0 Å². The highest BCUT2D eigenvalue weighted by molar-refractivity contribution is 8.00. The Bertz CT molecular complexity index is 532. The van der Waals surface area contributed by atoms with E-state index < -0.39 is 0 Å². The Hall–Kier alpha value is -1.52. The summed E-state index contributed by atoms with van der Waals surface area (Å²) in [6, 6.07) is 0.226. The number of nitrogen functional groups attached to an aromatic ring is 1. The summed E-state index contributed by atoms with van der Waals surface area (Å²) in [4.78, 5) is 16.4. The monoisotopic (exact) mass is 285 g/mol. The van der Waals surface area contributed by atoms with Gasteiger partial charge in [0, 0.05) is 0 Å². The molecular formula is C8H11N7OS2. The first-order valence-electron chi connectivity index (χ1n) is 5.05. The average Bonchev–Trinajstić information content (AvgIpc) is 2.75. The number of anilines is 1. The lowest BCUT2D eigenvalue weighted by Crippen LogP contribution is -2.12. The Morgan fingerprint density at radius 3 is 2.78 bits per heavy atom. The van der Waals surface area contributed by atoms with Crippen LogP contribution in [0.5, 0.6) is 6.01 Å². The third kappa shape index (κ3) is 3.24. The van der Waals surface area contributed by atoms with E-state index >= 15 is 0 Å². The molecule has 0 bridgehead atoms. The zero-order chi connectivity index (χ0) is 13.0. The molecule has 0 radical (unpaired) electrons. The van der Waals surface area contributed by atoms with E-state index in [2.05, 4.69) is 29.7 Å². The molecule has 3 N–H and O–H groups in total. The van der Waals surface area contributed by atoms with Crippen LogP contribution in [0.3, 0.4) is 0 Å².